The van der Waals surface area contributed by atoms with Crippen molar-refractivity contribution in [2.75, 3.05) is 5.32 Å². The number of rotatable bonds is 2. The third-order valence-electron chi connectivity index (χ3n) is 3.47. The summed E-state index contributed by atoms with van der Waals surface area (Å²) in [5, 5.41) is 3.52. The Morgan fingerprint density at radius 1 is 1.12 bits per heavy atom. The van der Waals surface area contributed by atoms with E-state index in [9.17, 15) is 0 Å². The third kappa shape index (κ3) is 3.42. The Hall–Kier alpha value is -1.12. The summed E-state index contributed by atoms with van der Waals surface area (Å²) in [5.41, 5.74) is 0.809. The molecule has 0 aromatic carbocycles. The molecule has 0 atom stereocenters. The van der Waals surface area contributed by atoms with Gasteiger partial charge in [0.25, 0.3) is 0 Å². The standard InChI is InChI=1S/C14H23N3/c1-13(2)7-11(8-14(3,4)10-13)17-12-9-15-5-6-16-12/h5-6,9,11H,7-8,10H2,1-4H3,(H,16,17). The van der Waals surface area contributed by atoms with Crippen LogP contribution in [0.15, 0.2) is 18.6 Å². The molecule has 0 spiro atoms. The highest BCUT2D eigenvalue weighted by atomic mass is 15.0. The molecule has 1 fully saturated rings. The minimum Gasteiger partial charge on any atom is -0.366 e. The van der Waals surface area contributed by atoms with Gasteiger partial charge < -0.3 is 5.32 Å². The SMILES string of the molecule is CC1(C)CC(Nc2cnccn2)CC(C)(C)C1. The van der Waals surface area contributed by atoms with E-state index in [0.717, 1.165) is 5.82 Å². The van der Waals surface area contributed by atoms with Crippen molar-refractivity contribution in [3.63, 3.8) is 0 Å². The van der Waals surface area contributed by atoms with Crippen LogP contribution in [0.5, 0.6) is 0 Å². The zero-order valence-corrected chi connectivity index (χ0v) is 11.3. The van der Waals surface area contributed by atoms with Crippen LogP contribution in [-0.4, -0.2) is 16.0 Å². The highest BCUT2D eigenvalue weighted by Gasteiger charge is 2.38. The normalized spacial score (nSPS) is 23.3. The van der Waals surface area contributed by atoms with E-state index >= 15 is 0 Å². The zero-order chi connectivity index (χ0) is 12.5. The zero-order valence-electron chi connectivity index (χ0n) is 11.3. The van der Waals surface area contributed by atoms with Gasteiger partial charge in [-0.15, -0.1) is 0 Å². The second kappa shape index (κ2) is 4.28. The van der Waals surface area contributed by atoms with Crippen LogP contribution in [-0.2, 0) is 0 Å². The summed E-state index contributed by atoms with van der Waals surface area (Å²) in [6.45, 7) is 9.44. The van der Waals surface area contributed by atoms with Crippen molar-refractivity contribution in [1.29, 1.82) is 0 Å². The quantitative estimate of drug-likeness (QED) is 0.849. The highest BCUT2D eigenvalue weighted by molar-refractivity contribution is 5.31. The summed E-state index contributed by atoms with van der Waals surface area (Å²) in [7, 11) is 0. The summed E-state index contributed by atoms with van der Waals surface area (Å²) in [5.74, 6) is 0.894. The summed E-state index contributed by atoms with van der Waals surface area (Å²) in [6.07, 6.45) is 8.94. The van der Waals surface area contributed by atoms with Crippen molar-refractivity contribution >= 4 is 5.82 Å². The van der Waals surface area contributed by atoms with Gasteiger partial charge in [0.1, 0.15) is 5.82 Å². The van der Waals surface area contributed by atoms with Gasteiger partial charge in [0.05, 0.1) is 6.20 Å². The fourth-order valence-corrected chi connectivity index (χ4v) is 3.53. The molecule has 0 saturated heterocycles. The molecule has 3 heteroatoms. The molecular weight excluding hydrogens is 210 g/mol. The molecule has 1 aliphatic carbocycles. The van der Waals surface area contributed by atoms with Crippen LogP contribution in [0.2, 0.25) is 0 Å². The van der Waals surface area contributed by atoms with Gasteiger partial charge in [-0.3, -0.25) is 4.98 Å². The first-order valence-corrected chi connectivity index (χ1v) is 6.39. The lowest BCUT2D eigenvalue weighted by Crippen LogP contribution is -2.40. The summed E-state index contributed by atoms with van der Waals surface area (Å²) in [6, 6.07) is 0.505. The fourth-order valence-electron chi connectivity index (χ4n) is 3.53. The van der Waals surface area contributed by atoms with Crippen molar-refractivity contribution in [3.8, 4) is 0 Å². The van der Waals surface area contributed by atoms with Crippen molar-refractivity contribution in [2.45, 2.75) is 53.0 Å². The summed E-state index contributed by atoms with van der Waals surface area (Å²) >= 11 is 0. The van der Waals surface area contributed by atoms with Crippen LogP contribution in [0.1, 0.15) is 47.0 Å². The monoisotopic (exact) mass is 233 g/mol. The first kappa shape index (κ1) is 12.3. The minimum absolute atomic E-state index is 0.404. The molecule has 0 radical (unpaired) electrons. The van der Waals surface area contributed by atoms with Crippen LogP contribution >= 0.6 is 0 Å². The van der Waals surface area contributed by atoms with E-state index in [4.69, 9.17) is 0 Å². The van der Waals surface area contributed by atoms with E-state index in [0.29, 0.717) is 16.9 Å². The van der Waals surface area contributed by atoms with Gasteiger partial charge >= 0.3 is 0 Å². The predicted octanol–water partition coefficient (Wildman–Crippen LogP) is 3.49. The van der Waals surface area contributed by atoms with Crippen LogP contribution < -0.4 is 5.32 Å². The number of aromatic nitrogens is 2. The molecule has 1 aromatic rings. The maximum Gasteiger partial charge on any atom is 0.144 e. The molecule has 0 unspecified atom stereocenters. The van der Waals surface area contributed by atoms with Gasteiger partial charge in [-0.2, -0.15) is 0 Å². The Balaban J connectivity index is 2.06. The number of hydrogen-bond donors (Lipinski definition) is 1. The largest absolute Gasteiger partial charge is 0.366 e. The highest BCUT2D eigenvalue weighted by Crippen LogP contribution is 2.46. The molecule has 0 amide bonds. The predicted molar refractivity (Wildman–Crippen MR) is 70.9 cm³/mol. The molecule has 1 aliphatic rings. The van der Waals surface area contributed by atoms with E-state index < -0.39 is 0 Å². The molecule has 2 rings (SSSR count). The maximum atomic E-state index is 4.29. The van der Waals surface area contributed by atoms with Crippen LogP contribution in [0.4, 0.5) is 5.82 Å². The Morgan fingerprint density at radius 3 is 2.29 bits per heavy atom. The van der Waals surface area contributed by atoms with E-state index in [-0.39, 0.29) is 0 Å². The fraction of sp³-hybridized carbons (Fsp3) is 0.714. The van der Waals surface area contributed by atoms with Crippen LogP contribution in [0, 0.1) is 10.8 Å². The van der Waals surface area contributed by atoms with E-state index in [1.165, 1.54) is 19.3 Å². The van der Waals surface area contributed by atoms with Crippen molar-refractivity contribution in [1.82, 2.24) is 9.97 Å². The van der Waals surface area contributed by atoms with Crippen LogP contribution in [0.25, 0.3) is 0 Å². The molecule has 17 heavy (non-hydrogen) atoms. The smallest absolute Gasteiger partial charge is 0.144 e. The molecular formula is C14H23N3. The number of nitrogens with one attached hydrogen (secondary N) is 1. The maximum absolute atomic E-state index is 4.29. The van der Waals surface area contributed by atoms with Gasteiger partial charge in [0.15, 0.2) is 0 Å². The lowest BCUT2D eigenvalue weighted by molar-refractivity contribution is 0.105. The Kier molecular flexibility index (Phi) is 3.11. The molecule has 1 N–H and O–H groups in total. The van der Waals surface area contributed by atoms with Gasteiger partial charge in [0.2, 0.25) is 0 Å². The van der Waals surface area contributed by atoms with Gasteiger partial charge in [-0.25, -0.2) is 4.98 Å². The lowest BCUT2D eigenvalue weighted by atomic mass is 9.63. The van der Waals surface area contributed by atoms with Crippen molar-refractivity contribution < 1.29 is 0 Å². The molecule has 94 valence electrons. The number of anilines is 1. The lowest BCUT2D eigenvalue weighted by Gasteiger charge is -2.45. The molecule has 1 saturated carbocycles. The van der Waals surface area contributed by atoms with Gasteiger partial charge in [-0.1, -0.05) is 27.7 Å². The number of hydrogen-bond acceptors (Lipinski definition) is 3. The van der Waals surface area contributed by atoms with Gasteiger partial charge in [-0.05, 0) is 30.1 Å². The van der Waals surface area contributed by atoms with E-state index in [1.54, 1.807) is 18.6 Å². The Morgan fingerprint density at radius 2 is 1.76 bits per heavy atom. The molecule has 3 nitrogen and oxygen atoms in total. The van der Waals surface area contributed by atoms with Crippen molar-refractivity contribution in [3.05, 3.63) is 18.6 Å². The molecule has 0 bridgehead atoms. The molecule has 1 aromatic heterocycles. The minimum atomic E-state index is 0.404. The first-order valence-electron chi connectivity index (χ1n) is 6.39. The van der Waals surface area contributed by atoms with Crippen LogP contribution in [0.3, 0.4) is 0 Å². The average Bonchev–Trinajstić information content (AvgIpc) is 2.13. The molecule has 0 aliphatic heterocycles. The second-order valence-corrected chi connectivity index (χ2v) is 6.85. The first-order chi connectivity index (χ1) is 7.86. The topological polar surface area (TPSA) is 37.8 Å². The average molecular weight is 233 g/mol. The summed E-state index contributed by atoms with van der Waals surface area (Å²) < 4.78 is 0. The molecule has 1 heterocycles. The van der Waals surface area contributed by atoms with E-state index in [1.807, 2.05) is 0 Å². The second-order valence-electron chi connectivity index (χ2n) is 6.85. The third-order valence-corrected chi connectivity index (χ3v) is 3.47. The number of nitrogens with zero attached hydrogens (tertiary/aromatic N) is 2. The Bertz CT molecular complexity index is 354. The summed E-state index contributed by atoms with van der Waals surface area (Å²) in [4.78, 5) is 8.39. The Labute approximate surface area is 104 Å². The van der Waals surface area contributed by atoms with Crippen molar-refractivity contribution in [2.24, 2.45) is 10.8 Å². The van der Waals surface area contributed by atoms with Gasteiger partial charge in [0, 0.05) is 18.4 Å². The van der Waals surface area contributed by atoms with E-state index in [2.05, 4.69) is 43.0 Å².